The van der Waals surface area contributed by atoms with Crippen LogP contribution in [0, 0.1) is 0 Å². The van der Waals surface area contributed by atoms with Crippen LogP contribution in [0.25, 0.3) is 0 Å². The van der Waals surface area contributed by atoms with Gasteiger partial charge in [-0.2, -0.15) is 0 Å². The molecule has 0 spiro atoms. The van der Waals surface area contributed by atoms with Crippen LogP contribution in [0.15, 0.2) is 42.5 Å². The molecule has 7 heteroatoms. The van der Waals surface area contributed by atoms with E-state index in [1.54, 1.807) is 11.8 Å². The summed E-state index contributed by atoms with van der Waals surface area (Å²) in [7, 11) is 0. The van der Waals surface area contributed by atoms with Gasteiger partial charge >= 0.3 is 0 Å². The van der Waals surface area contributed by atoms with Crippen molar-refractivity contribution in [3.8, 4) is 11.5 Å². The van der Waals surface area contributed by atoms with E-state index in [0.29, 0.717) is 24.5 Å². The van der Waals surface area contributed by atoms with E-state index in [0.717, 1.165) is 29.8 Å². The van der Waals surface area contributed by atoms with Gasteiger partial charge in [0, 0.05) is 24.4 Å². The fraction of sp³-hybridized carbons (Fsp3) is 0.333. The third-order valence-electron chi connectivity index (χ3n) is 4.82. The van der Waals surface area contributed by atoms with Crippen LogP contribution in [-0.2, 0) is 22.6 Å². The van der Waals surface area contributed by atoms with E-state index in [4.69, 9.17) is 9.47 Å². The van der Waals surface area contributed by atoms with E-state index in [1.807, 2.05) is 42.5 Å². The predicted octanol–water partition coefficient (Wildman–Crippen LogP) is 3.11. The molecule has 2 aromatic rings. The van der Waals surface area contributed by atoms with Gasteiger partial charge in [0.2, 0.25) is 18.6 Å². The SMILES string of the molecule is O=C(CCSC1CCc2ccccc2NC1=O)NCc1ccc2c(c1)OCO2. The Balaban J connectivity index is 1.21. The zero-order valence-electron chi connectivity index (χ0n) is 15.4. The molecule has 2 aliphatic heterocycles. The topological polar surface area (TPSA) is 76.7 Å². The molecule has 0 aromatic heterocycles. The van der Waals surface area contributed by atoms with Gasteiger partial charge in [0.05, 0.1) is 5.25 Å². The van der Waals surface area contributed by atoms with Gasteiger partial charge < -0.3 is 20.1 Å². The molecular formula is C21H22N2O4S. The number of benzene rings is 2. The van der Waals surface area contributed by atoms with Crippen molar-refractivity contribution in [2.45, 2.75) is 31.1 Å². The van der Waals surface area contributed by atoms with Crippen LogP contribution in [0.1, 0.15) is 24.0 Å². The van der Waals surface area contributed by atoms with E-state index in [2.05, 4.69) is 10.6 Å². The van der Waals surface area contributed by atoms with Gasteiger partial charge in [-0.05, 0) is 42.2 Å². The number of aryl methyl sites for hydroxylation is 1. The zero-order valence-corrected chi connectivity index (χ0v) is 16.2. The number of anilines is 1. The van der Waals surface area contributed by atoms with Crippen LogP contribution in [-0.4, -0.2) is 29.6 Å². The molecule has 2 amide bonds. The molecule has 0 saturated carbocycles. The van der Waals surface area contributed by atoms with Gasteiger partial charge in [0.1, 0.15) is 0 Å². The maximum atomic E-state index is 12.4. The molecule has 0 saturated heterocycles. The lowest BCUT2D eigenvalue weighted by Crippen LogP contribution is -2.26. The summed E-state index contributed by atoms with van der Waals surface area (Å²) in [6.45, 7) is 0.682. The van der Waals surface area contributed by atoms with Crippen LogP contribution in [0.2, 0.25) is 0 Å². The van der Waals surface area contributed by atoms with E-state index in [-0.39, 0.29) is 23.9 Å². The summed E-state index contributed by atoms with van der Waals surface area (Å²) < 4.78 is 10.6. The molecule has 0 fully saturated rings. The first-order chi connectivity index (χ1) is 13.7. The van der Waals surface area contributed by atoms with E-state index in [1.165, 1.54) is 5.56 Å². The first kappa shape index (κ1) is 18.7. The summed E-state index contributed by atoms with van der Waals surface area (Å²) >= 11 is 1.55. The fourth-order valence-corrected chi connectivity index (χ4v) is 4.37. The number of hydrogen-bond acceptors (Lipinski definition) is 5. The van der Waals surface area contributed by atoms with Crippen molar-refractivity contribution in [2.24, 2.45) is 0 Å². The minimum atomic E-state index is -0.131. The molecule has 28 heavy (non-hydrogen) atoms. The van der Waals surface area contributed by atoms with Crippen LogP contribution in [0.4, 0.5) is 5.69 Å². The van der Waals surface area contributed by atoms with Gasteiger partial charge in [-0.3, -0.25) is 9.59 Å². The second kappa shape index (κ2) is 8.56. The third-order valence-corrected chi connectivity index (χ3v) is 6.11. The summed E-state index contributed by atoms with van der Waals surface area (Å²) in [5, 5.41) is 5.78. The molecule has 2 aromatic carbocycles. The molecule has 6 nitrogen and oxygen atoms in total. The Morgan fingerprint density at radius 1 is 1.18 bits per heavy atom. The summed E-state index contributed by atoms with van der Waals surface area (Å²) in [5.41, 5.74) is 3.03. The quantitative estimate of drug-likeness (QED) is 0.782. The lowest BCUT2D eigenvalue weighted by atomic mass is 10.1. The van der Waals surface area contributed by atoms with Gasteiger partial charge in [-0.25, -0.2) is 0 Å². The molecule has 2 aliphatic rings. The summed E-state index contributed by atoms with van der Waals surface area (Å²) in [6.07, 6.45) is 2.03. The van der Waals surface area contributed by atoms with Crippen LogP contribution < -0.4 is 20.1 Å². The van der Waals surface area contributed by atoms with Crippen LogP contribution in [0.5, 0.6) is 11.5 Å². The Morgan fingerprint density at radius 3 is 2.96 bits per heavy atom. The first-order valence-corrected chi connectivity index (χ1v) is 10.4. The minimum Gasteiger partial charge on any atom is -0.454 e. The van der Waals surface area contributed by atoms with E-state index < -0.39 is 0 Å². The Labute approximate surface area is 168 Å². The number of nitrogens with one attached hydrogen (secondary N) is 2. The molecule has 146 valence electrons. The standard InChI is InChI=1S/C21H22N2O4S/c24-20(22-12-14-5-7-17-18(11-14)27-13-26-17)9-10-28-19-8-6-15-3-1-2-4-16(15)23-21(19)25/h1-5,7,11,19H,6,8-10,12-13H2,(H,22,24)(H,23,25). The monoisotopic (exact) mass is 398 g/mol. The molecule has 0 radical (unpaired) electrons. The molecule has 1 unspecified atom stereocenters. The maximum Gasteiger partial charge on any atom is 0.237 e. The Kier molecular flexibility index (Phi) is 5.71. The largest absolute Gasteiger partial charge is 0.454 e. The summed E-state index contributed by atoms with van der Waals surface area (Å²) in [4.78, 5) is 24.5. The smallest absolute Gasteiger partial charge is 0.237 e. The highest BCUT2D eigenvalue weighted by Crippen LogP contribution is 2.32. The van der Waals surface area contributed by atoms with Crippen molar-refractivity contribution in [2.75, 3.05) is 17.9 Å². The Morgan fingerprint density at radius 2 is 2.04 bits per heavy atom. The zero-order chi connectivity index (χ0) is 19.3. The molecule has 4 rings (SSSR count). The van der Waals surface area contributed by atoms with Crippen molar-refractivity contribution in [1.29, 1.82) is 0 Å². The number of thioether (sulfide) groups is 1. The van der Waals surface area contributed by atoms with Gasteiger partial charge in [-0.15, -0.1) is 11.8 Å². The Hall–Kier alpha value is -2.67. The van der Waals surface area contributed by atoms with Crippen molar-refractivity contribution in [3.63, 3.8) is 0 Å². The van der Waals surface area contributed by atoms with Crippen LogP contribution in [0.3, 0.4) is 0 Å². The maximum absolute atomic E-state index is 12.4. The lowest BCUT2D eigenvalue weighted by molar-refractivity contribution is -0.121. The molecular weight excluding hydrogens is 376 g/mol. The third kappa shape index (κ3) is 4.42. The highest BCUT2D eigenvalue weighted by molar-refractivity contribution is 8.00. The van der Waals surface area contributed by atoms with Gasteiger partial charge in [0.25, 0.3) is 0 Å². The normalized spacial score (nSPS) is 17.4. The predicted molar refractivity (Wildman–Crippen MR) is 109 cm³/mol. The molecule has 2 heterocycles. The highest BCUT2D eigenvalue weighted by atomic mass is 32.2. The average molecular weight is 398 g/mol. The number of hydrogen-bond donors (Lipinski definition) is 2. The lowest BCUT2D eigenvalue weighted by Gasteiger charge is -2.12. The number of carbonyl (C=O) groups excluding carboxylic acids is 2. The average Bonchev–Trinajstić information content (AvgIpc) is 3.11. The number of fused-ring (bicyclic) bond motifs is 2. The highest BCUT2D eigenvalue weighted by Gasteiger charge is 2.23. The number of ether oxygens (including phenoxy) is 2. The molecule has 2 N–H and O–H groups in total. The van der Waals surface area contributed by atoms with Gasteiger partial charge in [-0.1, -0.05) is 24.3 Å². The van der Waals surface area contributed by atoms with E-state index in [9.17, 15) is 9.59 Å². The van der Waals surface area contributed by atoms with Crippen molar-refractivity contribution >= 4 is 29.3 Å². The Bertz CT molecular complexity index is 886. The van der Waals surface area contributed by atoms with Crippen LogP contribution >= 0.6 is 11.8 Å². The second-order valence-corrected chi connectivity index (χ2v) is 8.07. The van der Waals surface area contributed by atoms with Crippen molar-refractivity contribution < 1.29 is 19.1 Å². The second-order valence-electron chi connectivity index (χ2n) is 6.76. The number of rotatable bonds is 6. The minimum absolute atomic E-state index is 0.0238. The summed E-state index contributed by atoms with van der Waals surface area (Å²) in [6, 6.07) is 13.5. The number of amides is 2. The van der Waals surface area contributed by atoms with Gasteiger partial charge in [0.15, 0.2) is 11.5 Å². The van der Waals surface area contributed by atoms with E-state index >= 15 is 0 Å². The molecule has 0 bridgehead atoms. The fourth-order valence-electron chi connectivity index (χ4n) is 3.28. The first-order valence-electron chi connectivity index (χ1n) is 9.34. The number of carbonyl (C=O) groups is 2. The summed E-state index contributed by atoms with van der Waals surface area (Å²) in [5.74, 6) is 2.05. The van der Waals surface area contributed by atoms with Crippen molar-refractivity contribution in [3.05, 3.63) is 53.6 Å². The molecule has 1 atom stereocenters. The molecule has 0 aliphatic carbocycles. The van der Waals surface area contributed by atoms with Crippen molar-refractivity contribution in [1.82, 2.24) is 5.32 Å². The number of para-hydroxylation sites is 1.